The number of allylic oxidation sites excluding steroid dienone is 6. The normalized spacial score (nSPS) is 37.1. The van der Waals surface area contributed by atoms with E-state index in [0.29, 0.717) is 34.5 Å². The predicted molar refractivity (Wildman–Crippen MR) is 320 cm³/mol. The van der Waals surface area contributed by atoms with Crippen molar-refractivity contribution >= 4 is 74.3 Å². The van der Waals surface area contributed by atoms with Crippen LogP contribution in [0.1, 0.15) is 173 Å². The van der Waals surface area contributed by atoms with Crippen LogP contribution in [0.4, 0.5) is 0 Å². The Kier molecular flexibility index (Phi) is 21.1. The maximum Gasteiger partial charge on any atom is 0.197 e. The Morgan fingerprint density at radius 2 is 1.17 bits per heavy atom. The molecule has 6 aliphatic carbocycles. The third-order valence-corrected chi connectivity index (χ3v) is 30.0. The average molecular weight is 1230 g/mol. The maximum atomic E-state index is 7.83. The molecule has 13 atom stereocenters. The first-order chi connectivity index (χ1) is 32.2. The van der Waals surface area contributed by atoms with Gasteiger partial charge in [0.2, 0.25) is 0 Å². The van der Waals surface area contributed by atoms with Gasteiger partial charge in [-0.3, -0.25) is 0 Å². The number of halogens is 2. The second-order valence-electron chi connectivity index (χ2n) is 26.9. The first-order valence-electron chi connectivity index (χ1n) is 27.4. The van der Waals surface area contributed by atoms with Crippen molar-refractivity contribution in [3.63, 3.8) is 0 Å². The monoisotopic (exact) mass is 1220 g/mol. The summed E-state index contributed by atoms with van der Waals surface area (Å²) in [6, 6.07) is 0. The van der Waals surface area contributed by atoms with Crippen molar-refractivity contribution < 1.29 is 17.8 Å². The smallest absolute Gasteiger partial charge is 0.197 e. The van der Waals surface area contributed by atoms with Crippen molar-refractivity contribution in [2.75, 3.05) is 6.61 Å². The van der Waals surface area contributed by atoms with E-state index in [1.165, 1.54) is 87.3 Å². The Hall–Kier alpha value is -0.0262. The van der Waals surface area contributed by atoms with Crippen LogP contribution in [0.2, 0.25) is 36.3 Å². The molecule has 0 bridgehead atoms. The van der Waals surface area contributed by atoms with Crippen LogP contribution in [-0.2, 0) is 26.1 Å². The van der Waals surface area contributed by atoms with Crippen LogP contribution in [0.3, 0.4) is 0 Å². The molecular formula is C60H98I2O4SSi2. The molecule has 4 nitrogen and oxygen atoms in total. The lowest BCUT2D eigenvalue weighted by atomic mass is 9.61. The molecule has 0 amide bonds. The van der Waals surface area contributed by atoms with E-state index in [1.807, 2.05) is 0 Å². The lowest BCUT2D eigenvalue weighted by Gasteiger charge is -2.44. The Balaban J connectivity index is 0.000000249. The van der Waals surface area contributed by atoms with Crippen LogP contribution >= 0.6 is 45.2 Å². The molecule has 0 radical (unpaired) electrons. The van der Waals surface area contributed by atoms with Gasteiger partial charge in [-0.1, -0.05) is 176 Å². The number of rotatable bonds is 10. The molecule has 0 spiro atoms. The van der Waals surface area contributed by atoms with Crippen LogP contribution < -0.4 is 0 Å². The Labute approximate surface area is 459 Å². The predicted octanol–water partition coefficient (Wildman–Crippen LogP) is 18.9. The molecule has 0 aromatic rings. The minimum absolute atomic E-state index is 0.186. The van der Waals surface area contributed by atoms with Gasteiger partial charge < -0.3 is 13.6 Å². The molecule has 5 saturated carbocycles. The van der Waals surface area contributed by atoms with E-state index in [2.05, 4.69) is 212 Å². The van der Waals surface area contributed by atoms with Gasteiger partial charge in [-0.25, -0.2) is 0 Å². The molecular weight excluding hydrogens is 1130 g/mol. The van der Waals surface area contributed by atoms with E-state index in [9.17, 15) is 0 Å². The molecule has 0 saturated heterocycles. The fourth-order valence-corrected chi connectivity index (χ4v) is 18.1. The van der Waals surface area contributed by atoms with Gasteiger partial charge in [0.05, 0.1) is 24.9 Å². The number of fused-ring (bicyclic) bond motifs is 2. The summed E-state index contributed by atoms with van der Waals surface area (Å²) in [5, 5.41) is 0.472. The summed E-state index contributed by atoms with van der Waals surface area (Å²) < 4.78 is 32.7. The third kappa shape index (κ3) is 13.5. The standard InChI is InChI=1S/C30H49IO2Si.C30H49IOSi.OS/c1-20-16-23-24(28(17-20)33-34(7,8)29(3,4)5)19-32-27(23)18-22-10-9-14-30(6)25(11-12-26(22)30)21(2)13-15-31;1-21-19-25(23(3)28(20-21)32-33(8,9)29(4,5)6)13-12-24-11-10-17-30(7)26(14-15-27(24)30)22(2)16-18-31;1-2/h13,15,18,20-21,25-28H,9-12,14,16-17,19H2,1-8H3;12-13,16,18,21-22,26-28H,3,10-11,14-15,17,19-20H2,1-2,4-9H3;/b15-13+,22-18+;18-16+,24-12+,25-13+;/t20-,21-,25-,26+,27?,28+,30-;21-,22-,26-,27+,28+,30-;/m11./s1. The second-order valence-corrected chi connectivity index (χ2v) is 37.8. The van der Waals surface area contributed by atoms with Crippen molar-refractivity contribution in [2.45, 2.75) is 228 Å². The Morgan fingerprint density at radius 1 is 0.710 bits per heavy atom. The lowest BCUT2D eigenvalue weighted by molar-refractivity contribution is 0.108. The molecule has 7 rings (SSSR count). The fourth-order valence-electron chi connectivity index (χ4n) is 14.2. The van der Waals surface area contributed by atoms with Crippen LogP contribution in [0.25, 0.3) is 0 Å². The summed E-state index contributed by atoms with van der Waals surface area (Å²) in [4.78, 5) is 0. The van der Waals surface area contributed by atoms with E-state index < -0.39 is 16.6 Å². The molecule has 1 aliphatic heterocycles. The van der Waals surface area contributed by atoms with E-state index in [0.717, 1.165) is 49.5 Å². The highest BCUT2D eigenvalue weighted by molar-refractivity contribution is 14.1. The van der Waals surface area contributed by atoms with Crippen molar-refractivity contribution in [3.05, 3.63) is 78.6 Å². The molecule has 1 heterocycles. The molecule has 0 aromatic carbocycles. The van der Waals surface area contributed by atoms with Gasteiger partial charge in [-0.2, -0.15) is 4.21 Å². The van der Waals surface area contributed by atoms with Gasteiger partial charge in [0.1, 0.15) is 0 Å². The summed E-state index contributed by atoms with van der Waals surface area (Å²) in [6.45, 7) is 43.8. The van der Waals surface area contributed by atoms with Crippen molar-refractivity contribution in [1.82, 2.24) is 0 Å². The number of hydrogen-bond donors (Lipinski definition) is 0. The Bertz CT molecular complexity index is 1970. The highest BCUT2D eigenvalue weighted by atomic mass is 127. The van der Waals surface area contributed by atoms with Crippen molar-refractivity contribution in [1.29, 1.82) is 0 Å². The molecule has 9 heteroatoms. The molecule has 0 aromatic heterocycles. The SMILES string of the molecule is C=C1/C(=C/C=C2\CCC[C@]3(C)[C@@H]([C@H](C)/C=C/I)CC[C@@H]23)C[C@@H](C)C[C@@H]1O[Si](C)(C)C(C)(C)C.C[C@@H]1CC2=C(COC2/C=C2\CCC[C@]3(C)[C@@H]([C@H](C)/C=C/I)CC[C@@H]23)[C@@H](O[Si](C)(C)C(C)(C)C)C1.O=S. The number of ether oxygens (including phenoxy) is 1. The topological polar surface area (TPSA) is 44.8 Å². The van der Waals surface area contributed by atoms with Gasteiger partial charge in [0, 0.05) is 0 Å². The van der Waals surface area contributed by atoms with Gasteiger partial charge in [-0.15, -0.1) is 0 Å². The molecule has 390 valence electrons. The van der Waals surface area contributed by atoms with Crippen LogP contribution in [0.15, 0.2) is 78.6 Å². The van der Waals surface area contributed by atoms with E-state index >= 15 is 0 Å². The molecule has 0 N–H and O–H groups in total. The van der Waals surface area contributed by atoms with Gasteiger partial charge >= 0.3 is 0 Å². The number of hydrogen-bond acceptors (Lipinski definition) is 5. The lowest BCUT2D eigenvalue weighted by Crippen LogP contribution is -2.45. The zero-order valence-corrected chi connectivity index (χ0v) is 53.6. The molecule has 7 aliphatic rings. The molecule has 5 fully saturated rings. The van der Waals surface area contributed by atoms with E-state index in [-0.39, 0.29) is 28.4 Å². The zero-order valence-electron chi connectivity index (χ0n) is 46.5. The fraction of sp³-hybridized carbons (Fsp3) is 0.767. The van der Waals surface area contributed by atoms with E-state index in [4.69, 9.17) is 17.8 Å². The van der Waals surface area contributed by atoms with Crippen LogP contribution in [-0.4, -0.2) is 45.8 Å². The summed E-state index contributed by atoms with van der Waals surface area (Å²) in [6.07, 6.45) is 31.1. The van der Waals surface area contributed by atoms with Crippen LogP contribution in [0, 0.1) is 58.2 Å². The van der Waals surface area contributed by atoms with Gasteiger partial charge in [0.25, 0.3) is 0 Å². The Morgan fingerprint density at radius 3 is 1.68 bits per heavy atom. The van der Waals surface area contributed by atoms with Crippen LogP contribution in [0.5, 0.6) is 0 Å². The maximum absolute atomic E-state index is 7.83. The first-order valence-corrected chi connectivity index (χ1v) is 36.0. The average Bonchev–Trinajstić information content (AvgIpc) is 3.94. The largest absolute Gasteiger partial charge is 0.410 e. The highest BCUT2D eigenvalue weighted by Crippen LogP contribution is 2.61. The summed E-state index contributed by atoms with van der Waals surface area (Å²) in [5.41, 5.74) is 10.1. The highest BCUT2D eigenvalue weighted by Gasteiger charge is 2.52. The second kappa shape index (κ2) is 24.3. The minimum Gasteiger partial charge on any atom is -0.410 e. The summed E-state index contributed by atoms with van der Waals surface area (Å²) >= 11 is 7.61. The third-order valence-electron chi connectivity index (χ3n) is 20.2. The van der Waals surface area contributed by atoms with Crippen molar-refractivity contribution in [3.8, 4) is 0 Å². The molecule has 69 heavy (non-hydrogen) atoms. The molecule has 1 unspecified atom stereocenters. The van der Waals surface area contributed by atoms with Gasteiger partial charge in [0.15, 0.2) is 29.2 Å². The summed E-state index contributed by atoms with van der Waals surface area (Å²) in [5.74, 6) is 5.81. The van der Waals surface area contributed by atoms with E-state index in [1.54, 1.807) is 16.7 Å². The minimum atomic E-state index is -1.81. The zero-order chi connectivity index (χ0) is 51.5. The summed E-state index contributed by atoms with van der Waals surface area (Å²) in [7, 11) is -3.62. The quantitative estimate of drug-likeness (QED) is 0.124. The van der Waals surface area contributed by atoms with Gasteiger partial charge in [-0.05, 0) is 215 Å². The first kappa shape index (κ1) is 59.8. The van der Waals surface area contributed by atoms with Crippen molar-refractivity contribution in [2.24, 2.45) is 58.2 Å².